The first-order valence-corrected chi connectivity index (χ1v) is 8.44. The van der Waals surface area contributed by atoms with Crippen LogP contribution in [0, 0.1) is 5.92 Å². The van der Waals surface area contributed by atoms with Crippen LogP contribution in [0.15, 0.2) is 30.3 Å². The molecule has 1 atom stereocenters. The lowest BCUT2D eigenvalue weighted by Crippen LogP contribution is -2.41. The molecule has 0 saturated carbocycles. The number of carbonyl (C=O) groups excluding carboxylic acids is 2. The molecular formula is C18H28N2O3. The van der Waals surface area contributed by atoms with E-state index in [1.807, 2.05) is 30.3 Å². The molecule has 1 aromatic carbocycles. The molecule has 0 heterocycles. The largest absolute Gasteiger partial charge is 0.355 e. The second-order valence-electron chi connectivity index (χ2n) is 5.78. The van der Waals surface area contributed by atoms with Gasteiger partial charge in [-0.2, -0.15) is 0 Å². The maximum atomic E-state index is 12.2. The van der Waals surface area contributed by atoms with E-state index in [9.17, 15) is 9.59 Å². The Balaban J connectivity index is 2.39. The van der Waals surface area contributed by atoms with Gasteiger partial charge in [0, 0.05) is 6.54 Å². The highest BCUT2D eigenvalue weighted by Gasteiger charge is 2.26. The third kappa shape index (κ3) is 7.79. The summed E-state index contributed by atoms with van der Waals surface area (Å²) in [5, 5.41) is 11.6. The summed E-state index contributed by atoms with van der Waals surface area (Å²) in [4.78, 5) is 23.9. The van der Waals surface area contributed by atoms with E-state index in [1.54, 1.807) is 5.48 Å². The molecule has 128 valence electrons. The van der Waals surface area contributed by atoms with Crippen molar-refractivity contribution in [2.75, 3.05) is 6.54 Å². The Kier molecular flexibility index (Phi) is 9.71. The molecule has 3 N–H and O–H groups in total. The minimum Gasteiger partial charge on any atom is -0.355 e. The van der Waals surface area contributed by atoms with Gasteiger partial charge in [0.2, 0.25) is 5.91 Å². The first-order chi connectivity index (χ1) is 11.2. The van der Waals surface area contributed by atoms with Gasteiger partial charge >= 0.3 is 0 Å². The molecule has 0 aliphatic carbocycles. The van der Waals surface area contributed by atoms with E-state index < -0.39 is 11.8 Å². The first-order valence-electron chi connectivity index (χ1n) is 8.44. The van der Waals surface area contributed by atoms with Crippen LogP contribution in [0.1, 0.15) is 51.0 Å². The zero-order valence-electron chi connectivity index (χ0n) is 13.9. The van der Waals surface area contributed by atoms with Gasteiger partial charge < -0.3 is 5.32 Å². The van der Waals surface area contributed by atoms with Gasteiger partial charge in [0.05, 0.1) is 0 Å². The molecule has 5 heteroatoms. The highest BCUT2D eigenvalue weighted by atomic mass is 16.5. The SMILES string of the molecule is CCCCCCCCNC(=O)C(Cc1ccccc1)C(=O)NO. The van der Waals surface area contributed by atoms with Crippen molar-refractivity contribution in [3.8, 4) is 0 Å². The Hall–Kier alpha value is -1.88. The van der Waals surface area contributed by atoms with Gasteiger partial charge in [-0.05, 0) is 18.4 Å². The molecule has 0 saturated heterocycles. The summed E-state index contributed by atoms with van der Waals surface area (Å²) in [6.07, 6.45) is 7.14. The van der Waals surface area contributed by atoms with E-state index in [-0.39, 0.29) is 12.3 Å². The molecule has 1 unspecified atom stereocenters. The second kappa shape index (κ2) is 11.7. The van der Waals surface area contributed by atoms with Crippen LogP contribution in [0.2, 0.25) is 0 Å². The molecule has 0 radical (unpaired) electrons. The van der Waals surface area contributed by atoms with E-state index in [0.29, 0.717) is 6.54 Å². The van der Waals surface area contributed by atoms with E-state index in [0.717, 1.165) is 18.4 Å². The Morgan fingerprint density at radius 2 is 1.65 bits per heavy atom. The second-order valence-corrected chi connectivity index (χ2v) is 5.78. The Morgan fingerprint density at radius 1 is 1.00 bits per heavy atom. The lowest BCUT2D eigenvalue weighted by atomic mass is 9.97. The fraction of sp³-hybridized carbons (Fsp3) is 0.556. The van der Waals surface area contributed by atoms with Crippen molar-refractivity contribution in [3.05, 3.63) is 35.9 Å². The minimum absolute atomic E-state index is 0.273. The standard InChI is InChI=1S/C18H28N2O3/c1-2-3-4-5-6-10-13-19-17(21)16(18(22)20-23)14-15-11-8-7-9-12-15/h7-9,11-12,16,23H,2-6,10,13-14H2,1H3,(H,19,21)(H,20,22). The number of amides is 2. The third-order valence-corrected chi connectivity index (χ3v) is 3.86. The molecule has 0 bridgehead atoms. The molecule has 5 nitrogen and oxygen atoms in total. The highest BCUT2D eigenvalue weighted by molar-refractivity contribution is 6.00. The average molecular weight is 320 g/mol. The van der Waals surface area contributed by atoms with Crippen molar-refractivity contribution in [1.29, 1.82) is 0 Å². The van der Waals surface area contributed by atoms with Crippen LogP contribution in [0.25, 0.3) is 0 Å². The Morgan fingerprint density at radius 3 is 2.30 bits per heavy atom. The summed E-state index contributed by atoms with van der Waals surface area (Å²) in [6, 6.07) is 9.31. The number of hydrogen-bond acceptors (Lipinski definition) is 3. The van der Waals surface area contributed by atoms with Crippen LogP contribution in [0.5, 0.6) is 0 Å². The van der Waals surface area contributed by atoms with E-state index >= 15 is 0 Å². The quantitative estimate of drug-likeness (QED) is 0.254. The maximum absolute atomic E-state index is 12.2. The summed E-state index contributed by atoms with van der Waals surface area (Å²) in [5.41, 5.74) is 2.48. The van der Waals surface area contributed by atoms with Gasteiger partial charge in [-0.1, -0.05) is 69.4 Å². The molecule has 0 fully saturated rings. The van der Waals surface area contributed by atoms with Gasteiger partial charge in [-0.3, -0.25) is 14.8 Å². The fourth-order valence-corrected chi connectivity index (χ4v) is 2.47. The van der Waals surface area contributed by atoms with Crippen LogP contribution in [0.3, 0.4) is 0 Å². The van der Waals surface area contributed by atoms with Crippen LogP contribution in [0.4, 0.5) is 0 Å². The summed E-state index contributed by atoms with van der Waals surface area (Å²) in [6.45, 7) is 2.74. The van der Waals surface area contributed by atoms with Crippen LogP contribution >= 0.6 is 0 Å². The predicted octanol–water partition coefficient (Wildman–Crippen LogP) is 2.83. The number of rotatable bonds is 11. The van der Waals surface area contributed by atoms with E-state index in [1.165, 1.54) is 25.7 Å². The summed E-state index contributed by atoms with van der Waals surface area (Å²) in [5.74, 6) is -1.93. The first kappa shape index (κ1) is 19.2. The van der Waals surface area contributed by atoms with Crippen molar-refractivity contribution < 1.29 is 14.8 Å². The molecular weight excluding hydrogens is 292 g/mol. The fourth-order valence-electron chi connectivity index (χ4n) is 2.47. The van der Waals surface area contributed by atoms with Gasteiger partial charge in [0.25, 0.3) is 5.91 Å². The van der Waals surface area contributed by atoms with Crippen molar-refractivity contribution >= 4 is 11.8 Å². The van der Waals surface area contributed by atoms with Gasteiger partial charge in [-0.25, -0.2) is 5.48 Å². The minimum atomic E-state index is -0.914. The monoisotopic (exact) mass is 320 g/mol. The molecule has 1 rings (SSSR count). The van der Waals surface area contributed by atoms with Gasteiger partial charge in [0.1, 0.15) is 5.92 Å². The zero-order chi connectivity index (χ0) is 16.9. The Labute approximate surface area is 138 Å². The molecule has 1 aromatic rings. The van der Waals surface area contributed by atoms with E-state index in [4.69, 9.17) is 5.21 Å². The number of unbranched alkanes of at least 4 members (excludes halogenated alkanes) is 5. The van der Waals surface area contributed by atoms with Gasteiger partial charge in [0.15, 0.2) is 0 Å². The topological polar surface area (TPSA) is 78.4 Å². The van der Waals surface area contributed by atoms with Crippen LogP contribution < -0.4 is 10.8 Å². The Bertz CT molecular complexity index is 463. The van der Waals surface area contributed by atoms with Crippen molar-refractivity contribution in [3.63, 3.8) is 0 Å². The molecule has 2 amide bonds. The van der Waals surface area contributed by atoms with Crippen molar-refractivity contribution in [2.45, 2.75) is 51.9 Å². The predicted molar refractivity (Wildman–Crippen MR) is 90.0 cm³/mol. The molecule has 0 spiro atoms. The number of hydroxylamine groups is 1. The number of carbonyl (C=O) groups is 2. The van der Waals surface area contributed by atoms with Crippen LogP contribution in [-0.4, -0.2) is 23.6 Å². The third-order valence-electron chi connectivity index (χ3n) is 3.86. The summed E-state index contributed by atoms with van der Waals surface area (Å²) >= 11 is 0. The average Bonchev–Trinajstić information content (AvgIpc) is 2.59. The molecule has 0 aliphatic heterocycles. The van der Waals surface area contributed by atoms with E-state index in [2.05, 4.69) is 12.2 Å². The lowest BCUT2D eigenvalue weighted by molar-refractivity contribution is -0.140. The molecule has 0 aliphatic rings. The number of benzene rings is 1. The van der Waals surface area contributed by atoms with Crippen LogP contribution in [-0.2, 0) is 16.0 Å². The summed E-state index contributed by atoms with van der Waals surface area (Å²) in [7, 11) is 0. The number of hydrogen-bond donors (Lipinski definition) is 3. The maximum Gasteiger partial charge on any atom is 0.256 e. The smallest absolute Gasteiger partial charge is 0.256 e. The summed E-state index contributed by atoms with van der Waals surface area (Å²) < 4.78 is 0. The lowest BCUT2D eigenvalue weighted by Gasteiger charge is -2.15. The highest BCUT2D eigenvalue weighted by Crippen LogP contribution is 2.10. The van der Waals surface area contributed by atoms with Crippen molar-refractivity contribution in [1.82, 2.24) is 10.8 Å². The van der Waals surface area contributed by atoms with Crippen molar-refractivity contribution in [2.24, 2.45) is 5.92 Å². The molecule has 0 aromatic heterocycles. The molecule has 23 heavy (non-hydrogen) atoms. The number of nitrogens with one attached hydrogen (secondary N) is 2. The van der Waals surface area contributed by atoms with Gasteiger partial charge in [-0.15, -0.1) is 0 Å². The zero-order valence-corrected chi connectivity index (χ0v) is 13.9. The normalized spacial score (nSPS) is 11.7.